The summed E-state index contributed by atoms with van der Waals surface area (Å²) in [5, 5.41) is 0. The third kappa shape index (κ3) is 6.61. The van der Waals surface area contributed by atoms with E-state index in [9.17, 15) is 31.1 Å². The summed E-state index contributed by atoms with van der Waals surface area (Å²) in [4.78, 5) is 18.8. The molecule has 170 valence electrons. The van der Waals surface area contributed by atoms with Gasteiger partial charge in [0, 0.05) is 25.6 Å². The number of nitrogens with zero attached hydrogens (tertiary/aromatic N) is 3. The molecule has 0 atom stereocenters. The number of anilines is 1. The minimum atomic E-state index is -4.51. The first-order valence-corrected chi connectivity index (χ1v) is 9.34. The second kappa shape index (κ2) is 9.16. The molecular formula is C19H19F6N3O3. The molecular weight excluding hydrogens is 432 g/mol. The average molecular weight is 451 g/mol. The van der Waals surface area contributed by atoms with Crippen LogP contribution in [0.4, 0.5) is 32.2 Å². The van der Waals surface area contributed by atoms with Crippen LogP contribution in [0.15, 0.2) is 35.1 Å². The van der Waals surface area contributed by atoms with Crippen LogP contribution >= 0.6 is 0 Å². The third-order valence-electron chi connectivity index (χ3n) is 4.44. The van der Waals surface area contributed by atoms with Gasteiger partial charge in [-0.3, -0.25) is 9.36 Å². The van der Waals surface area contributed by atoms with Crippen molar-refractivity contribution in [3.8, 4) is 11.4 Å². The average Bonchev–Trinajstić information content (AvgIpc) is 2.70. The van der Waals surface area contributed by atoms with Crippen LogP contribution in [0.3, 0.4) is 0 Å². The van der Waals surface area contributed by atoms with Crippen LogP contribution in [-0.4, -0.2) is 54.8 Å². The lowest BCUT2D eigenvalue weighted by molar-refractivity contribution is -0.153. The summed E-state index contributed by atoms with van der Waals surface area (Å²) in [7, 11) is 0. The van der Waals surface area contributed by atoms with E-state index in [2.05, 4.69) is 9.72 Å². The maximum absolute atomic E-state index is 12.8. The molecule has 0 bridgehead atoms. The SMILES string of the molecule is O=c1cc(N2CCOCC2)nc(CCC(F)(F)F)n1-c1ccc(OCC(F)(F)F)cc1. The van der Waals surface area contributed by atoms with E-state index in [1.807, 2.05) is 0 Å². The fourth-order valence-corrected chi connectivity index (χ4v) is 3.03. The number of aromatic nitrogens is 2. The fourth-order valence-electron chi connectivity index (χ4n) is 3.03. The number of alkyl halides is 6. The molecule has 1 aliphatic rings. The van der Waals surface area contributed by atoms with Gasteiger partial charge in [0.1, 0.15) is 17.4 Å². The summed E-state index contributed by atoms with van der Waals surface area (Å²) in [5.41, 5.74) is -0.430. The molecule has 1 aliphatic heterocycles. The topological polar surface area (TPSA) is 56.6 Å². The monoisotopic (exact) mass is 451 g/mol. The normalized spacial score (nSPS) is 15.2. The smallest absolute Gasteiger partial charge is 0.422 e. The summed E-state index contributed by atoms with van der Waals surface area (Å²) >= 11 is 0. The van der Waals surface area contributed by atoms with E-state index in [1.165, 1.54) is 30.3 Å². The zero-order chi connectivity index (χ0) is 22.6. The molecule has 12 heteroatoms. The predicted molar refractivity (Wildman–Crippen MR) is 98.8 cm³/mol. The summed E-state index contributed by atoms with van der Waals surface area (Å²) in [6, 6.07) is 6.21. The van der Waals surface area contributed by atoms with Crippen molar-refractivity contribution >= 4 is 5.82 Å². The van der Waals surface area contributed by atoms with Crippen molar-refractivity contribution < 1.29 is 35.8 Å². The molecule has 2 aromatic rings. The van der Waals surface area contributed by atoms with Crippen molar-refractivity contribution in [2.45, 2.75) is 25.2 Å². The molecule has 1 aromatic heterocycles. The van der Waals surface area contributed by atoms with Gasteiger partial charge in [-0.05, 0) is 24.3 Å². The van der Waals surface area contributed by atoms with Crippen molar-refractivity contribution in [1.82, 2.24) is 9.55 Å². The zero-order valence-corrected chi connectivity index (χ0v) is 16.2. The lowest BCUT2D eigenvalue weighted by Gasteiger charge is -2.28. The number of hydrogen-bond donors (Lipinski definition) is 0. The van der Waals surface area contributed by atoms with Gasteiger partial charge in [-0.2, -0.15) is 26.3 Å². The van der Waals surface area contributed by atoms with E-state index >= 15 is 0 Å². The van der Waals surface area contributed by atoms with Gasteiger partial charge >= 0.3 is 12.4 Å². The second-order valence-electron chi connectivity index (χ2n) is 6.82. The van der Waals surface area contributed by atoms with E-state index < -0.39 is 37.4 Å². The molecule has 0 spiro atoms. The number of morpholine rings is 1. The molecule has 0 aliphatic carbocycles. The van der Waals surface area contributed by atoms with Crippen LogP contribution < -0.4 is 15.2 Å². The maximum Gasteiger partial charge on any atom is 0.422 e. The minimum absolute atomic E-state index is 0.0936. The van der Waals surface area contributed by atoms with Gasteiger partial charge in [-0.25, -0.2) is 4.98 Å². The Kier molecular flexibility index (Phi) is 6.77. The van der Waals surface area contributed by atoms with Gasteiger partial charge in [0.25, 0.3) is 5.56 Å². The summed E-state index contributed by atoms with van der Waals surface area (Å²) in [5.74, 6) is 0.0611. The second-order valence-corrected chi connectivity index (χ2v) is 6.82. The lowest BCUT2D eigenvalue weighted by Crippen LogP contribution is -2.38. The van der Waals surface area contributed by atoms with Crippen LogP contribution in [-0.2, 0) is 11.2 Å². The molecule has 6 nitrogen and oxygen atoms in total. The maximum atomic E-state index is 12.8. The first-order chi connectivity index (χ1) is 14.5. The number of aryl methyl sites for hydroxylation is 1. The number of ether oxygens (including phenoxy) is 2. The Balaban J connectivity index is 1.92. The summed E-state index contributed by atoms with van der Waals surface area (Å²) < 4.78 is 86.2. The Labute approximate surface area is 173 Å². The molecule has 1 fully saturated rings. The van der Waals surface area contributed by atoms with Crippen molar-refractivity contribution in [3.63, 3.8) is 0 Å². The van der Waals surface area contributed by atoms with E-state index in [0.717, 1.165) is 4.57 Å². The van der Waals surface area contributed by atoms with E-state index in [-0.39, 0.29) is 23.1 Å². The van der Waals surface area contributed by atoms with Crippen LogP contribution in [0.1, 0.15) is 12.2 Å². The van der Waals surface area contributed by atoms with Gasteiger partial charge < -0.3 is 14.4 Å². The molecule has 0 unspecified atom stereocenters. The van der Waals surface area contributed by atoms with E-state index in [1.54, 1.807) is 4.90 Å². The highest BCUT2D eigenvalue weighted by atomic mass is 19.4. The Morgan fingerprint density at radius 3 is 2.23 bits per heavy atom. The Bertz CT molecular complexity index is 935. The highest BCUT2D eigenvalue weighted by Crippen LogP contribution is 2.24. The summed E-state index contributed by atoms with van der Waals surface area (Å²) in [6.45, 7) is 0.212. The molecule has 0 N–H and O–H groups in total. The molecule has 1 saturated heterocycles. The Morgan fingerprint density at radius 2 is 1.65 bits per heavy atom. The number of benzene rings is 1. The molecule has 0 radical (unpaired) electrons. The standard InChI is InChI=1S/C19H19F6N3O3/c20-18(21,22)6-5-15-26-16(27-7-9-30-10-8-27)11-17(29)28(15)13-1-3-14(4-2-13)31-12-19(23,24)25/h1-4,11H,5-10,12H2. The molecule has 2 heterocycles. The lowest BCUT2D eigenvalue weighted by atomic mass is 10.2. The van der Waals surface area contributed by atoms with Crippen molar-refractivity contribution in [3.05, 3.63) is 46.5 Å². The quantitative estimate of drug-likeness (QED) is 0.630. The number of rotatable bonds is 6. The number of halogens is 6. The van der Waals surface area contributed by atoms with E-state index in [0.29, 0.717) is 26.3 Å². The van der Waals surface area contributed by atoms with Gasteiger partial charge in [0.05, 0.1) is 25.3 Å². The van der Waals surface area contributed by atoms with Crippen LogP contribution in [0.25, 0.3) is 5.69 Å². The largest absolute Gasteiger partial charge is 0.484 e. The van der Waals surface area contributed by atoms with E-state index in [4.69, 9.17) is 4.74 Å². The van der Waals surface area contributed by atoms with Gasteiger partial charge in [0.2, 0.25) is 0 Å². The van der Waals surface area contributed by atoms with Crippen molar-refractivity contribution in [2.24, 2.45) is 0 Å². The molecule has 31 heavy (non-hydrogen) atoms. The minimum Gasteiger partial charge on any atom is -0.484 e. The predicted octanol–water partition coefficient (Wildman–Crippen LogP) is 3.51. The Morgan fingerprint density at radius 1 is 1.00 bits per heavy atom. The highest BCUT2D eigenvalue weighted by Gasteiger charge is 2.29. The fraction of sp³-hybridized carbons (Fsp3) is 0.474. The first-order valence-electron chi connectivity index (χ1n) is 9.34. The van der Waals surface area contributed by atoms with Crippen molar-refractivity contribution in [1.29, 1.82) is 0 Å². The Hall–Kier alpha value is -2.76. The van der Waals surface area contributed by atoms with Gasteiger partial charge in [0.15, 0.2) is 6.61 Å². The van der Waals surface area contributed by atoms with Crippen molar-refractivity contribution in [2.75, 3.05) is 37.8 Å². The van der Waals surface area contributed by atoms with Crippen LogP contribution in [0.2, 0.25) is 0 Å². The molecule has 3 rings (SSSR count). The van der Waals surface area contributed by atoms with Gasteiger partial charge in [-0.1, -0.05) is 0 Å². The summed E-state index contributed by atoms with van der Waals surface area (Å²) in [6.07, 6.45) is -10.7. The zero-order valence-electron chi connectivity index (χ0n) is 16.2. The molecule has 1 aromatic carbocycles. The van der Waals surface area contributed by atoms with Gasteiger partial charge in [-0.15, -0.1) is 0 Å². The molecule has 0 saturated carbocycles. The third-order valence-corrected chi connectivity index (χ3v) is 4.44. The van der Waals surface area contributed by atoms with Crippen LogP contribution in [0, 0.1) is 0 Å². The van der Waals surface area contributed by atoms with Crippen LogP contribution in [0.5, 0.6) is 5.75 Å². The highest BCUT2D eigenvalue weighted by molar-refractivity contribution is 5.43. The number of hydrogen-bond acceptors (Lipinski definition) is 5. The molecule has 0 amide bonds. The first kappa shape index (κ1) is 22.9.